The number of nitrogens with one attached hydrogen (secondary N) is 1. The minimum absolute atomic E-state index is 0.154. The summed E-state index contributed by atoms with van der Waals surface area (Å²) >= 11 is 0. The third-order valence-corrected chi connectivity index (χ3v) is 3.37. The predicted octanol–water partition coefficient (Wildman–Crippen LogP) is 2.68. The number of benzene rings is 1. The summed E-state index contributed by atoms with van der Waals surface area (Å²) < 4.78 is 1.83. The van der Waals surface area contributed by atoms with Crippen LogP contribution in [0.3, 0.4) is 0 Å². The highest BCUT2D eigenvalue weighted by Gasteiger charge is 2.13. The maximum atomic E-state index is 9.91. The summed E-state index contributed by atoms with van der Waals surface area (Å²) in [6.45, 7) is 4.88. The molecule has 1 unspecified atom stereocenters. The topological polar surface area (TPSA) is 50.1 Å². The van der Waals surface area contributed by atoms with Crippen molar-refractivity contribution < 1.29 is 5.11 Å². The van der Waals surface area contributed by atoms with Crippen molar-refractivity contribution in [2.45, 2.75) is 32.9 Å². The molecule has 4 nitrogen and oxygen atoms in total. The molecule has 0 spiro atoms. The standard InChI is InChI=1S/C15H21N3O/c1-4-14(13-7-5-6-8-15(13)19)16-9-12-10-18(3)17-11(12)2/h5-8,10,14,16,19H,4,9H2,1-3H3. The van der Waals surface area contributed by atoms with Gasteiger partial charge in [0.25, 0.3) is 0 Å². The van der Waals surface area contributed by atoms with Gasteiger partial charge in [0.2, 0.25) is 0 Å². The molecule has 0 aliphatic carbocycles. The quantitative estimate of drug-likeness (QED) is 0.868. The largest absolute Gasteiger partial charge is 0.508 e. The summed E-state index contributed by atoms with van der Waals surface area (Å²) in [4.78, 5) is 0. The highest BCUT2D eigenvalue weighted by atomic mass is 16.3. The van der Waals surface area contributed by atoms with Crippen molar-refractivity contribution in [2.75, 3.05) is 0 Å². The van der Waals surface area contributed by atoms with Crippen LogP contribution >= 0.6 is 0 Å². The van der Waals surface area contributed by atoms with Crippen LogP contribution in [0.4, 0.5) is 0 Å². The van der Waals surface area contributed by atoms with Crippen molar-refractivity contribution in [3.63, 3.8) is 0 Å². The Morgan fingerprint density at radius 3 is 2.68 bits per heavy atom. The summed E-state index contributed by atoms with van der Waals surface area (Å²) in [5.74, 6) is 0.352. The first-order chi connectivity index (χ1) is 9.11. The number of phenols is 1. The molecule has 1 atom stereocenters. The molecule has 2 N–H and O–H groups in total. The lowest BCUT2D eigenvalue weighted by molar-refractivity contribution is 0.440. The Hall–Kier alpha value is -1.81. The molecule has 102 valence electrons. The number of rotatable bonds is 5. The molecule has 0 radical (unpaired) electrons. The van der Waals surface area contributed by atoms with Gasteiger partial charge in [-0.05, 0) is 19.4 Å². The van der Waals surface area contributed by atoms with Crippen LogP contribution in [0.2, 0.25) is 0 Å². The van der Waals surface area contributed by atoms with Crippen LogP contribution in [-0.4, -0.2) is 14.9 Å². The van der Waals surface area contributed by atoms with Crippen molar-refractivity contribution in [3.8, 4) is 5.75 Å². The number of nitrogens with zero attached hydrogens (tertiary/aromatic N) is 2. The molecular formula is C15H21N3O. The van der Waals surface area contributed by atoms with E-state index in [-0.39, 0.29) is 6.04 Å². The molecule has 1 aromatic carbocycles. The molecule has 1 heterocycles. The Labute approximate surface area is 114 Å². The molecule has 2 rings (SSSR count). The van der Waals surface area contributed by atoms with E-state index in [1.807, 2.05) is 43.0 Å². The number of phenolic OH excluding ortho intramolecular Hbond substituents is 1. The van der Waals surface area contributed by atoms with Gasteiger partial charge in [0.05, 0.1) is 5.69 Å². The highest BCUT2D eigenvalue weighted by Crippen LogP contribution is 2.26. The normalized spacial score (nSPS) is 12.6. The molecule has 0 amide bonds. The van der Waals surface area contributed by atoms with E-state index in [0.717, 1.165) is 24.2 Å². The zero-order valence-electron chi connectivity index (χ0n) is 11.7. The van der Waals surface area contributed by atoms with Gasteiger partial charge in [0.1, 0.15) is 5.75 Å². The first-order valence-electron chi connectivity index (χ1n) is 6.62. The van der Waals surface area contributed by atoms with Gasteiger partial charge >= 0.3 is 0 Å². The summed E-state index contributed by atoms with van der Waals surface area (Å²) in [7, 11) is 1.93. The van der Waals surface area contributed by atoms with Crippen LogP contribution in [0.15, 0.2) is 30.5 Å². The third-order valence-electron chi connectivity index (χ3n) is 3.37. The van der Waals surface area contributed by atoms with E-state index in [4.69, 9.17) is 0 Å². The predicted molar refractivity (Wildman–Crippen MR) is 75.9 cm³/mol. The highest BCUT2D eigenvalue weighted by molar-refractivity contribution is 5.34. The molecule has 0 saturated carbocycles. The number of hydrogen-bond donors (Lipinski definition) is 2. The van der Waals surface area contributed by atoms with Crippen molar-refractivity contribution in [1.29, 1.82) is 0 Å². The zero-order valence-corrected chi connectivity index (χ0v) is 11.7. The summed E-state index contributed by atoms with van der Waals surface area (Å²) in [5.41, 5.74) is 3.19. The average Bonchev–Trinajstić information content (AvgIpc) is 2.70. The molecular weight excluding hydrogens is 238 g/mol. The van der Waals surface area contributed by atoms with E-state index in [1.165, 1.54) is 5.56 Å². The Morgan fingerprint density at radius 1 is 1.37 bits per heavy atom. The van der Waals surface area contributed by atoms with Crippen LogP contribution < -0.4 is 5.32 Å². The van der Waals surface area contributed by atoms with Gasteiger partial charge in [-0.2, -0.15) is 5.10 Å². The first-order valence-corrected chi connectivity index (χ1v) is 6.62. The van der Waals surface area contributed by atoms with Crippen LogP contribution in [-0.2, 0) is 13.6 Å². The number of aryl methyl sites for hydroxylation is 2. The van der Waals surface area contributed by atoms with E-state index in [0.29, 0.717) is 5.75 Å². The molecule has 4 heteroatoms. The van der Waals surface area contributed by atoms with E-state index < -0.39 is 0 Å². The second-order valence-corrected chi connectivity index (χ2v) is 4.81. The molecule has 2 aromatic rings. The summed E-state index contributed by atoms with van der Waals surface area (Å²) in [6.07, 6.45) is 2.96. The average molecular weight is 259 g/mol. The van der Waals surface area contributed by atoms with Crippen LogP contribution in [0.1, 0.15) is 36.2 Å². The van der Waals surface area contributed by atoms with Gasteiger partial charge in [-0.15, -0.1) is 0 Å². The second kappa shape index (κ2) is 5.89. The minimum Gasteiger partial charge on any atom is -0.508 e. The maximum absolute atomic E-state index is 9.91. The van der Waals surface area contributed by atoms with Crippen molar-refractivity contribution in [3.05, 3.63) is 47.3 Å². The number of aromatic hydroxyl groups is 1. The first kappa shape index (κ1) is 13.6. The molecule has 0 saturated heterocycles. The monoisotopic (exact) mass is 259 g/mol. The van der Waals surface area contributed by atoms with Crippen LogP contribution in [0.5, 0.6) is 5.75 Å². The summed E-state index contributed by atoms with van der Waals surface area (Å²) in [6, 6.07) is 7.65. The number of hydrogen-bond acceptors (Lipinski definition) is 3. The van der Waals surface area contributed by atoms with Crippen molar-refractivity contribution in [2.24, 2.45) is 7.05 Å². The molecule has 0 aliphatic rings. The Balaban J connectivity index is 2.08. The van der Waals surface area contributed by atoms with Crippen LogP contribution in [0, 0.1) is 6.92 Å². The van der Waals surface area contributed by atoms with Gasteiger partial charge in [-0.1, -0.05) is 25.1 Å². The zero-order chi connectivity index (χ0) is 13.8. The van der Waals surface area contributed by atoms with Gasteiger partial charge in [-0.3, -0.25) is 4.68 Å². The fourth-order valence-corrected chi connectivity index (χ4v) is 2.31. The number of aromatic nitrogens is 2. The molecule has 0 fully saturated rings. The maximum Gasteiger partial charge on any atom is 0.120 e. The Kier molecular flexibility index (Phi) is 4.22. The fourth-order valence-electron chi connectivity index (χ4n) is 2.31. The summed E-state index contributed by atoms with van der Waals surface area (Å²) in [5, 5.41) is 17.7. The van der Waals surface area contributed by atoms with Gasteiger partial charge in [0, 0.05) is 37.0 Å². The Bertz CT molecular complexity index is 548. The molecule has 0 bridgehead atoms. The SMILES string of the molecule is CCC(NCc1cn(C)nc1C)c1ccccc1O. The fraction of sp³-hybridized carbons (Fsp3) is 0.400. The van der Waals surface area contributed by atoms with Gasteiger partial charge in [0.15, 0.2) is 0 Å². The lowest BCUT2D eigenvalue weighted by Crippen LogP contribution is -2.20. The van der Waals surface area contributed by atoms with Crippen LogP contribution in [0.25, 0.3) is 0 Å². The van der Waals surface area contributed by atoms with E-state index in [9.17, 15) is 5.11 Å². The third kappa shape index (κ3) is 3.15. The lowest BCUT2D eigenvalue weighted by atomic mass is 10.0. The molecule has 1 aromatic heterocycles. The van der Waals surface area contributed by atoms with Crippen molar-refractivity contribution >= 4 is 0 Å². The van der Waals surface area contributed by atoms with E-state index in [2.05, 4.69) is 17.3 Å². The van der Waals surface area contributed by atoms with Gasteiger partial charge < -0.3 is 10.4 Å². The lowest BCUT2D eigenvalue weighted by Gasteiger charge is -2.18. The van der Waals surface area contributed by atoms with E-state index in [1.54, 1.807) is 6.07 Å². The second-order valence-electron chi connectivity index (χ2n) is 4.81. The Morgan fingerprint density at radius 2 is 2.11 bits per heavy atom. The van der Waals surface area contributed by atoms with E-state index >= 15 is 0 Å². The number of para-hydroxylation sites is 1. The van der Waals surface area contributed by atoms with Crippen molar-refractivity contribution in [1.82, 2.24) is 15.1 Å². The minimum atomic E-state index is 0.154. The molecule has 19 heavy (non-hydrogen) atoms. The molecule has 0 aliphatic heterocycles. The smallest absolute Gasteiger partial charge is 0.120 e. The van der Waals surface area contributed by atoms with Gasteiger partial charge in [-0.25, -0.2) is 0 Å².